The molecule has 2 aromatic carbocycles. The van der Waals surface area contributed by atoms with Gasteiger partial charge in [-0.2, -0.15) is 5.10 Å². The molecule has 6 nitrogen and oxygen atoms in total. The Bertz CT molecular complexity index is 1070. The van der Waals surface area contributed by atoms with Crippen LogP contribution in [0.3, 0.4) is 0 Å². The number of amides is 1. The normalized spacial score (nSPS) is 13.8. The second-order valence-corrected chi connectivity index (χ2v) is 7.21. The van der Waals surface area contributed by atoms with E-state index in [9.17, 15) is 9.59 Å². The van der Waals surface area contributed by atoms with Crippen molar-refractivity contribution in [2.45, 2.75) is 33.3 Å². The van der Waals surface area contributed by atoms with Crippen LogP contribution in [0.4, 0.5) is 5.69 Å². The van der Waals surface area contributed by atoms with Gasteiger partial charge in [-0.3, -0.25) is 4.79 Å². The summed E-state index contributed by atoms with van der Waals surface area (Å²) in [5.41, 5.74) is 4.55. The van der Waals surface area contributed by atoms with Gasteiger partial charge in [-0.05, 0) is 51.0 Å². The zero-order chi connectivity index (χ0) is 20.5. The third-order valence-electron chi connectivity index (χ3n) is 5.28. The monoisotopic (exact) mass is 389 g/mol. The van der Waals surface area contributed by atoms with Crippen LogP contribution in [-0.2, 0) is 16.0 Å². The molecule has 0 fully saturated rings. The Labute approximate surface area is 169 Å². The van der Waals surface area contributed by atoms with Crippen LogP contribution in [0.1, 0.15) is 34.2 Å². The van der Waals surface area contributed by atoms with Crippen molar-refractivity contribution in [1.82, 2.24) is 9.78 Å². The van der Waals surface area contributed by atoms with Crippen molar-refractivity contribution in [1.29, 1.82) is 0 Å². The first-order valence-electron chi connectivity index (χ1n) is 9.69. The SMILES string of the molecule is Cc1nn(-c2ccccc2)c(C)c1C(=O)O[C@H](C)C(=O)N1CCc2ccccc21. The summed E-state index contributed by atoms with van der Waals surface area (Å²) in [5, 5.41) is 4.48. The van der Waals surface area contributed by atoms with Crippen LogP contribution < -0.4 is 4.90 Å². The molecule has 4 rings (SSSR count). The van der Waals surface area contributed by atoms with Crippen LogP contribution in [0.2, 0.25) is 0 Å². The zero-order valence-electron chi connectivity index (χ0n) is 16.8. The molecule has 1 aliphatic rings. The number of fused-ring (bicyclic) bond motifs is 1. The molecule has 6 heteroatoms. The van der Waals surface area contributed by atoms with E-state index in [4.69, 9.17) is 4.74 Å². The predicted octanol–water partition coefficient (Wildman–Crippen LogP) is 3.62. The maximum absolute atomic E-state index is 12.9. The minimum Gasteiger partial charge on any atom is -0.449 e. The quantitative estimate of drug-likeness (QED) is 0.639. The zero-order valence-corrected chi connectivity index (χ0v) is 16.8. The Morgan fingerprint density at radius 1 is 1.03 bits per heavy atom. The summed E-state index contributed by atoms with van der Waals surface area (Å²) in [6, 6.07) is 17.4. The van der Waals surface area contributed by atoms with Gasteiger partial charge in [0.25, 0.3) is 5.91 Å². The minimum absolute atomic E-state index is 0.214. The van der Waals surface area contributed by atoms with Gasteiger partial charge in [0.05, 0.1) is 17.1 Å². The maximum atomic E-state index is 12.9. The Hall–Kier alpha value is -3.41. The highest BCUT2D eigenvalue weighted by atomic mass is 16.5. The van der Waals surface area contributed by atoms with Gasteiger partial charge in [-0.1, -0.05) is 36.4 Å². The molecule has 1 atom stereocenters. The van der Waals surface area contributed by atoms with Crippen molar-refractivity contribution in [2.75, 3.05) is 11.4 Å². The molecule has 0 saturated carbocycles. The number of hydrogen-bond donors (Lipinski definition) is 0. The number of anilines is 1. The molecule has 2 heterocycles. The Morgan fingerprint density at radius 3 is 2.48 bits per heavy atom. The van der Waals surface area contributed by atoms with E-state index in [1.54, 1.807) is 23.4 Å². The lowest BCUT2D eigenvalue weighted by atomic mass is 10.2. The Kier molecular flexibility index (Phi) is 4.92. The molecule has 0 spiro atoms. The Morgan fingerprint density at radius 2 is 1.72 bits per heavy atom. The highest BCUT2D eigenvalue weighted by molar-refractivity contribution is 6.00. The summed E-state index contributed by atoms with van der Waals surface area (Å²) < 4.78 is 7.27. The molecule has 3 aromatic rings. The maximum Gasteiger partial charge on any atom is 0.342 e. The van der Waals surface area contributed by atoms with Crippen LogP contribution in [0.15, 0.2) is 54.6 Å². The first kappa shape index (κ1) is 18.9. The fourth-order valence-electron chi connectivity index (χ4n) is 3.82. The van der Waals surface area contributed by atoms with Gasteiger partial charge in [0.15, 0.2) is 6.10 Å². The molecule has 29 heavy (non-hydrogen) atoms. The summed E-state index contributed by atoms with van der Waals surface area (Å²) in [5.74, 6) is -0.746. The molecule has 0 radical (unpaired) electrons. The fourth-order valence-corrected chi connectivity index (χ4v) is 3.82. The number of rotatable bonds is 4. The third-order valence-corrected chi connectivity index (χ3v) is 5.28. The fraction of sp³-hybridized carbons (Fsp3) is 0.261. The van der Waals surface area contributed by atoms with Crippen molar-refractivity contribution >= 4 is 17.6 Å². The van der Waals surface area contributed by atoms with Crippen molar-refractivity contribution in [3.05, 3.63) is 77.1 Å². The van der Waals surface area contributed by atoms with Crippen molar-refractivity contribution in [2.24, 2.45) is 0 Å². The summed E-state index contributed by atoms with van der Waals surface area (Å²) >= 11 is 0. The predicted molar refractivity (Wildman–Crippen MR) is 110 cm³/mol. The summed E-state index contributed by atoms with van der Waals surface area (Å²) in [4.78, 5) is 27.5. The van der Waals surface area contributed by atoms with E-state index in [0.717, 1.165) is 23.4 Å². The minimum atomic E-state index is -0.882. The first-order chi connectivity index (χ1) is 14.0. The average molecular weight is 389 g/mol. The molecule has 1 aromatic heterocycles. The van der Waals surface area contributed by atoms with Crippen LogP contribution >= 0.6 is 0 Å². The highest BCUT2D eigenvalue weighted by Crippen LogP contribution is 2.28. The van der Waals surface area contributed by atoms with E-state index < -0.39 is 12.1 Å². The van der Waals surface area contributed by atoms with Gasteiger partial charge < -0.3 is 9.64 Å². The molecule has 1 aliphatic heterocycles. The molecule has 0 N–H and O–H groups in total. The largest absolute Gasteiger partial charge is 0.449 e. The smallest absolute Gasteiger partial charge is 0.342 e. The van der Waals surface area contributed by atoms with Gasteiger partial charge in [0.1, 0.15) is 5.56 Å². The lowest BCUT2D eigenvalue weighted by molar-refractivity contribution is -0.126. The van der Waals surface area contributed by atoms with E-state index in [-0.39, 0.29) is 5.91 Å². The lowest BCUT2D eigenvalue weighted by Crippen LogP contribution is -2.39. The molecule has 0 bridgehead atoms. The van der Waals surface area contributed by atoms with Crippen LogP contribution in [-0.4, -0.2) is 34.3 Å². The van der Waals surface area contributed by atoms with Gasteiger partial charge in [0.2, 0.25) is 0 Å². The van der Waals surface area contributed by atoms with Crippen molar-refractivity contribution in [3.8, 4) is 5.69 Å². The van der Waals surface area contributed by atoms with Gasteiger partial charge >= 0.3 is 5.97 Å². The van der Waals surface area contributed by atoms with E-state index in [1.807, 2.05) is 61.5 Å². The second kappa shape index (κ2) is 7.54. The molecule has 1 amide bonds. The number of para-hydroxylation sites is 2. The van der Waals surface area contributed by atoms with E-state index in [2.05, 4.69) is 5.10 Å². The molecule has 0 saturated heterocycles. The average Bonchev–Trinajstić information content (AvgIpc) is 3.28. The topological polar surface area (TPSA) is 64.4 Å². The number of esters is 1. The van der Waals surface area contributed by atoms with Crippen molar-refractivity contribution in [3.63, 3.8) is 0 Å². The third kappa shape index (κ3) is 3.42. The first-order valence-corrected chi connectivity index (χ1v) is 9.69. The van der Waals surface area contributed by atoms with Gasteiger partial charge in [-0.15, -0.1) is 0 Å². The lowest BCUT2D eigenvalue weighted by Gasteiger charge is -2.21. The molecular formula is C23H23N3O3. The van der Waals surface area contributed by atoms with Gasteiger partial charge in [0, 0.05) is 12.2 Å². The number of aryl methyl sites for hydroxylation is 1. The molecule has 0 unspecified atom stereocenters. The molecular weight excluding hydrogens is 366 g/mol. The number of nitrogens with zero attached hydrogens (tertiary/aromatic N) is 3. The number of carbonyl (C=O) groups excluding carboxylic acids is 2. The van der Waals surface area contributed by atoms with E-state index >= 15 is 0 Å². The summed E-state index contributed by atoms with van der Waals surface area (Å²) in [6.45, 7) is 5.82. The number of ether oxygens (including phenoxy) is 1. The molecule has 0 aliphatic carbocycles. The van der Waals surface area contributed by atoms with Crippen LogP contribution in [0.5, 0.6) is 0 Å². The summed E-state index contributed by atoms with van der Waals surface area (Å²) in [6.07, 6.45) is -0.0718. The standard InChI is InChI=1S/C23H23N3O3/c1-15-21(16(2)26(24-15)19-10-5-4-6-11-19)23(28)29-17(3)22(27)25-14-13-18-9-7-8-12-20(18)25/h4-12,17H,13-14H2,1-3H3/t17-/m1/s1. The highest BCUT2D eigenvalue weighted by Gasteiger charge is 2.31. The van der Waals surface area contributed by atoms with E-state index in [0.29, 0.717) is 23.5 Å². The summed E-state index contributed by atoms with van der Waals surface area (Å²) in [7, 11) is 0. The number of benzene rings is 2. The van der Waals surface area contributed by atoms with Crippen LogP contribution in [0.25, 0.3) is 5.69 Å². The second-order valence-electron chi connectivity index (χ2n) is 7.21. The van der Waals surface area contributed by atoms with Crippen molar-refractivity contribution < 1.29 is 14.3 Å². The number of hydrogen-bond acceptors (Lipinski definition) is 4. The number of carbonyl (C=O) groups is 2. The van der Waals surface area contributed by atoms with Gasteiger partial charge in [-0.25, -0.2) is 9.48 Å². The number of aromatic nitrogens is 2. The Balaban J connectivity index is 1.53. The molecule has 148 valence electrons. The van der Waals surface area contributed by atoms with Crippen LogP contribution in [0, 0.1) is 13.8 Å². The van der Waals surface area contributed by atoms with E-state index in [1.165, 1.54) is 0 Å².